The lowest BCUT2D eigenvalue weighted by Gasteiger charge is -2.12. The molecule has 6 heteroatoms. The summed E-state index contributed by atoms with van der Waals surface area (Å²) in [5.74, 6) is -0.0193. The molecule has 2 rings (SSSR count). The van der Waals surface area contributed by atoms with E-state index in [0.29, 0.717) is 33.5 Å². The predicted molar refractivity (Wildman–Crippen MR) is 87.2 cm³/mol. The number of aryl methyl sites for hydroxylation is 2. The van der Waals surface area contributed by atoms with Crippen LogP contribution in [0.4, 0.5) is 11.5 Å². The van der Waals surface area contributed by atoms with Crippen molar-refractivity contribution in [2.24, 2.45) is 0 Å². The SMILES string of the molecule is CCc1cc(C(=O)Nc2c(Cl)ccc(C)c2Cl)cc(N)n1. The summed E-state index contributed by atoms with van der Waals surface area (Å²) in [7, 11) is 0. The Morgan fingerprint density at radius 2 is 2.05 bits per heavy atom. The number of aromatic nitrogens is 1. The largest absolute Gasteiger partial charge is 0.384 e. The van der Waals surface area contributed by atoms with Gasteiger partial charge in [-0.05, 0) is 37.1 Å². The third-order valence-corrected chi connectivity index (χ3v) is 3.85. The van der Waals surface area contributed by atoms with Gasteiger partial charge in [0.2, 0.25) is 0 Å². The first kappa shape index (κ1) is 15.6. The fraction of sp³-hybridized carbons (Fsp3) is 0.200. The maximum Gasteiger partial charge on any atom is 0.255 e. The van der Waals surface area contributed by atoms with Crippen molar-refractivity contribution in [1.29, 1.82) is 0 Å². The molecule has 4 nitrogen and oxygen atoms in total. The van der Waals surface area contributed by atoms with E-state index in [2.05, 4.69) is 10.3 Å². The second-order valence-electron chi connectivity index (χ2n) is 4.63. The van der Waals surface area contributed by atoms with Gasteiger partial charge in [0, 0.05) is 11.3 Å². The molecule has 3 N–H and O–H groups in total. The molecule has 0 saturated carbocycles. The Bertz CT molecular complexity index is 702. The number of hydrogen-bond donors (Lipinski definition) is 2. The van der Waals surface area contributed by atoms with E-state index < -0.39 is 0 Å². The number of halogens is 2. The molecule has 1 heterocycles. The van der Waals surface area contributed by atoms with Crippen molar-refractivity contribution in [3.8, 4) is 0 Å². The number of hydrogen-bond acceptors (Lipinski definition) is 3. The molecule has 0 aliphatic rings. The molecule has 0 fully saturated rings. The minimum atomic E-state index is -0.326. The quantitative estimate of drug-likeness (QED) is 0.893. The van der Waals surface area contributed by atoms with Gasteiger partial charge in [-0.15, -0.1) is 0 Å². The lowest BCUT2D eigenvalue weighted by Crippen LogP contribution is -2.14. The fourth-order valence-electron chi connectivity index (χ4n) is 1.88. The predicted octanol–water partition coefficient (Wildman–Crippen LogP) is 4.09. The maximum absolute atomic E-state index is 12.3. The first-order chi connectivity index (χ1) is 9.92. The van der Waals surface area contributed by atoms with Crippen LogP contribution >= 0.6 is 23.2 Å². The van der Waals surface area contributed by atoms with Gasteiger partial charge < -0.3 is 11.1 Å². The van der Waals surface area contributed by atoms with Gasteiger partial charge in [-0.3, -0.25) is 4.79 Å². The Morgan fingerprint density at radius 1 is 1.33 bits per heavy atom. The first-order valence-corrected chi connectivity index (χ1v) is 7.20. The number of nitrogens with zero attached hydrogens (tertiary/aromatic N) is 1. The topological polar surface area (TPSA) is 68.0 Å². The number of rotatable bonds is 3. The van der Waals surface area contributed by atoms with Gasteiger partial charge >= 0.3 is 0 Å². The molecule has 0 unspecified atom stereocenters. The van der Waals surface area contributed by atoms with Crippen LogP contribution in [0, 0.1) is 6.92 Å². The molecule has 0 atom stereocenters. The third kappa shape index (κ3) is 3.46. The van der Waals surface area contributed by atoms with Crippen molar-refractivity contribution in [1.82, 2.24) is 4.98 Å². The summed E-state index contributed by atoms with van der Waals surface area (Å²) in [5.41, 5.74) is 8.12. The molecule has 0 aliphatic heterocycles. The van der Waals surface area contributed by atoms with Crippen LogP contribution in [0.5, 0.6) is 0 Å². The van der Waals surface area contributed by atoms with E-state index in [9.17, 15) is 4.79 Å². The summed E-state index contributed by atoms with van der Waals surface area (Å²) in [6.07, 6.45) is 0.692. The Labute approximate surface area is 133 Å². The van der Waals surface area contributed by atoms with Gasteiger partial charge in [-0.1, -0.05) is 36.2 Å². The van der Waals surface area contributed by atoms with Crippen LogP contribution < -0.4 is 11.1 Å². The molecule has 2 aromatic rings. The van der Waals surface area contributed by atoms with Crippen LogP contribution in [0.15, 0.2) is 24.3 Å². The van der Waals surface area contributed by atoms with Gasteiger partial charge in [-0.2, -0.15) is 0 Å². The van der Waals surface area contributed by atoms with Crippen molar-refractivity contribution >= 4 is 40.6 Å². The van der Waals surface area contributed by atoms with Gasteiger partial charge in [0.05, 0.1) is 15.7 Å². The normalized spacial score (nSPS) is 10.5. The average Bonchev–Trinajstić information content (AvgIpc) is 2.46. The summed E-state index contributed by atoms with van der Waals surface area (Å²) >= 11 is 12.3. The highest BCUT2D eigenvalue weighted by Crippen LogP contribution is 2.33. The summed E-state index contributed by atoms with van der Waals surface area (Å²) in [4.78, 5) is 16.5. The Morgan fingerprint density at radius 3 is 2.71 bits per heavy atom. The van der Waals surface area contributed by atoms with E-state index >= 15 is 0 Å². The standard InChI is InChI=1S/C15H15Cl2N3O/c1-3-10-6-9(7-12(18)19-10)15(21)20-14-11(16)5-4-8(2)13(14)17/h4-7H,3H2,1-2H3,(H2,18,19)(H,20,21). The number of carbonyl (C=O) groups excluding carboxylic acids is 1. The molecule has 1 amide bonds. The van der Waals surface area contributed by atoms with Gasteiger partial charge in [0.1, 0.15) is 5.82 Å². The number of pyridine rings is 1. The smallest absolute Gasteiger partial charge is 0.255 e. The van der Waals surface area contributed by atoms with Crippen molar-refractivity contribution in [3.63, 3.8) is 0 Å². The van der Waals surface area contributed by atoms with Gasteiger partial charge in [-0.25, -0.2) is 4.98 Å². The molecule has 0 bridgehead atoms. The maximum atomic E-state index is 12.3. The number of carbonyl (C=O) groups is 1. The average molecular weight is 324 g/mol. The molecule has 1 aromatic carbocycles. The number of anilines is 2. The van der Waals surface area contributed by atoms with E-state index in [4.69, 9.17) is 28.9 Å². The Hall–Kier alpha value is -1.78. The van der Waals surface area contributed by atoms with Gasteiger partial charge in [0.15, 0.2) is 0 Å². The number of benzene rings is 1. The number of nitrogens with one attached hydrogen (secondary N) is 1. The lowest BCUT2D eigenvalue weighted by atomic mass is 10.1. The van der Waals surface area contributed by atoms with Crippen LogP contribution in [-0.4, -0.2) is 10.9 Å². The monoisotopic (exact) mass is 323 g/mol. The number of nitrogen functional groups attached to an aromatic ring is 1. The summed E-state index contributed by atoms with van der Waals surface area (Å²) in [5, 5.41) is 3.54. The number of amides is 1. The molecule has 110 valence electrons. The molecule has 21 heavy (non-hydrogen) atoms. The summed E-state index contributed by atoms with van der Waals surface area (Å²) in [6, 6.07) is 6.70. The highest BCUT2D eigenvalue weighted by atomic mass is 35.5. The van der Waals surface area contributed by atoms with Crippen LogP contribution in [0.25, 0.3) is 0 Å². The molecular weight excluding hydrogens is 309 g/mol. The Balaban J connectivity index is 2.35. The van der Waals surface area contributed by atoms with Crippen molar-refractivity contribution in [2.45, 2.75) is 20.3 Å². The van der Waals surface area contributed by atoms with Crippen molar-refractivity contribution in [3.05, 3.63) is 51.1 Å². The second-order valence-corrected chi connectivity index (χ2v) is 5.42. The van der Waals surface area contributed by atoms with E-state index in [1.807, 2.05) is 13.8 Å². The molecule has 0 aliphatic carbocycles. The number of nitrogens with two attached hydrogens (primary N) is 1. The Kier molecular flexibility index (Phi) is 4.70. The highest BCUT2D eigenvalue weighted by molar-refractivity contribution is 6.40. The molecular formula is C15H15Cl2N3O. The lowest BCUT2D eigenvalue weighted by molar-refractivity contribution is 0.102. The molecule has 0 saturated heterocycles. The minimum absolute atomic E-state index is 0.306. The fourth-order valence-corrected chi connectivity index (χ4v) is 2.35. The van der Waals surface area contributed by atoms with Crippen molar-refractivity contribution in [2.75, 3.05) is 11.1 Å². The van der Waals surface area contributed by atoms with Crippen LogP contribution in [0.1, 0.15) is 28.5 Å². The van der Waals surface area contributed by atoms with Crippen molar-refractivity contribution < 1.29 is 4.79 Å². The summed E-state index contributed by atoms with van der Waals surface area (Å²) < 4.78 is 0. The highest BCUT2D eigenvalue weighted by Gasteiger charge is 2.14. The second kappa shape index (κ2) is 6.33. The zero-order valence-corrected chi connectivity index (χ0v) is 13.2. The first-order valence-electron chi connectivity index (χ1n) is 6.44. The van der Waals surface area contributed by atoms with Crippen LogP contribution in [-0.2, 0) is 6.42 Å². The zero-order valence-electron chi connectivity index (χ0n) is 11.7. The van der Waals surface area contributed by atoms with E-state index in [0.717, 1.165) is 11.3 Å². The zero-order chi connectivity index (χ0) is 15.6. The molecule has 0 radical (unpaired) electrons. The molecule has 1 aromatic heterocycles. The van der Waals surface area contributed by atoms with E-state index in [-0.39, 0.29) is 5.91 Å². The van der Waals surface area contributed by atoms with Crippen LogP contribution in [0.3, 0.4) is 0 Å². The summed E-state index contributed by atoms with van der Waals surface area (Å²) in [6.45, 7) is 3.78. The van der Waals surface area contributed by atoms with E-state index in [1.54, 1.807) is 18.2 Å². The molecule has 0 spiro atoms. The third-order valence-electron chi connectivity index (χ3n) is 3.05. The van der Waals surface area contributed by atoms with Gasteiger partial charge in [0.25, 0.3) is 5.91 Å². The minimum Gasteiger partial charge on any atom is -0.384 e. The van der Waals surface area contributed by atoms with Crippen LogP contribution in [0.2, 0.25) is 10.0 Å². The van der Waals surface area contributed by atoms with E-state index in [1.165, 1.54) is 6.07 Å².